The largest absolute Gasteiger partial charge is 0.358 e. The molecule has 1 heterocycles. The minimum atomic E-state index is -0.483. The van der Waals surface area contributed by atoms with Crippen molar-refractivity contribution < 1.29 is 9.31 Å². The van der Waals surface area contributed by atoms with Crippen molar-refractivity contribution in [1.82, 2.24) is 9.55 Å². The molecule has 5 nitrogen and oxygen atoms in total. The van der Waals surface area contributed by atoms with E-state index in [0.717, 1.165) is 5.56 Å². The van der Waals surface area contributed by atoms with Gasteiger partial charge in [-0.2, -0.15) is 0 Å². The Balaban J connectivity index is 2.32. The molecule has 2 aromatic rings. The molecule has 1 aromatic carbocycles. The predicted molar refractivity (Wildman–Crippen MR) is 59.1 cm³/mol. The van der Waals surface area contributed by atoms with Crippen LogP contribution in [0.1, 0.15) is 11.4 Å². The fraction of sp³-hybridized carbons (Fsp3) is 0.182. The molecular weight excluding hydrogens is 225 g/mol. The average Bonchev–Trinajstić information content (AvgIpc) is 2.64. The van der Waals surface area contributed by atoms with Gasteiger partial charge in [0.2, 0.25) is 0 Å². The molecule has 0 fully saturated rings. The Kier molecular flexibility index (Phi) is 2.86. The molecule has 0 aliphatic rings. The smallest absolute Gasteiger partial charge is 0.343 e. The van der Waals surface area contributed by atoms with Crippen LogP contribution in [0.15, 0.2) is 30.5 Å². The highest BCUT2D eigenvalue weighted by atomic mass is 19.1. The summed E-state index contributed by atoms with van der Waals surface area (Å²) in [7, 11) is 0. The summed E-state index contributed by atoms with van der Waals surface area (Å²) in [5.74, 6) is 0.165. The second kappa shape index (κ2) is 4.32. The van der Waals surface area contributed by atoms with Crippen LogP contribution in [-0.4, -0.2) is 14.5 Å². The van der Waals surface area contributed by atoms with Crippen LogP contribution in [-0.2, 0) is 6.54 Å². The van der Waals surface area contributed by atoms with E-state index in [1.165, 1.54) is 22.9 Å². The molecule has 0 aliphatic heterocycles. The Morgan fingerprint density at radius 3 is 2.65 bits per heavy atom. The van der Waals surface area contributed by atoms with Crippen LogP contribution >= 0.6 is 0 Å². The van der Waals surface area contributed by atoms with Crippen molar-refractivity contribution in [2.45, 2.75) is 13.5 Å². The number of aryl methyl sites for hydroxylation is 1. The van der Waals surface area contributed by atoms with Crippen molar-refractivity contribution in [2.75, 3.05) is 0 Å². The van der Waals surface area contributed by atoms with Crippen molar-refractivity contribution in [3.05, 3.63) is 57.8 Å². The highest BCUT2D eigenvalue weighted by Gasteiger charge is 2.17. The van der Waals surface area contributed by atoms with Gasteiger partial charge in [0.05, 0.1) is 0 Å². The summed E-state index contributed by atoms with van der Waals surface area (Å²) in [5.41, 5.74) is 0.788. The number of benzene rings is 1. The van der Waals surface area contributed by atoms with Gasteiger partial charge >= 0.3 is 5.82 Å². The molecule has 2 rings (SSSR count). The van der Waals surface area contributed by atoms with Crippen LogP contribution in [0.2, 0.25) is 0 Å². The van der Waals surface area contributed by atoms with Crippen LogP contribution in [0.25, 0.3) is 0 Å². The molecule has 0 saturated carbocycles. The van der Waals surface area contributed by atoms with E-state index in [-0.39, 0.29) is 11.6 Å². The molecule has 0 amide bonds. The number of imidazole rings is 1. The van der Waals surface area contributed by atoms with Crippen molar-refractivity contribution in [2.24, 2.45) is 0 Å². The van der Waals surface area contributed by atoms with Crippen molar-refractivity contribution in [3.8, 4) is 0 Å². The lowest BCUT2D eigenvalue weighted by molar-refractivity contribution is -0.392. The number of hydrogen-bond acceptors (Lipinski definition) is 3. The number of rotatable bonds is 3. The molecule has 0 N–H and O–H groups in total. The zero-order valence-electron chi connectivity index (χ0n) is 9.13. The summed E-state index contributed by atoms with van der Waals surface area (Å²) in [6.07, 6.45) is 1.22. The minimum absolute atomic E-state index is 0.0631. The van der Waals surface area contributed by atoms with Crippen LogP contribution in [0, 0.1) is 22.9 Å². The van der Waals surface area contributed by atoms with Crippen molar-refractivity contribution in [1.29, 1.82) is 0 Å². The van der Waals surface area contributed by atoms with Gasteiger partial charge in [0.15, 0.2) is 5.82 Å². The molecule has 88 valence electrons. The fourth-order valence-electron chi connectivity index (χ4n) is 1.57. The third-order valence-electron chi connectivity index (χ3n) is 2.48. The van der Waals surface area contributed by atoms with Gasteiger partial charge in [0.25, 0.3) is 0 Å². The maximum Gasteiger partial charge on any atom is 0.343 e. The van der Waals surface area contributed by atoms with Crippen LogP contribution in [0.3, 0.4) is 0 Å². The summed E-state index contributed by atoms with van der Waals surface area (Å²) < 4.78 is 14.2. The van der Waals surface area contributed by atoms with Gasteiger partial charge < -0.3 is 10.1 Å². The third kappa shape index (κ3) is 2.30. The van der Waals surface area contributed by atoms with E-state index in [1.807, 2.05) is 0 Å². The first-order valence-electron chi connectivity index (χ1n) is 4.99. The van der Waals surface area contributed by atoms with Gasteiger partial charge in [-0.15, -0.1) is 0 Å². The Morgan fingerprint density at radius 2 is 2.06 bits per heavy atom. The number of nitrogens with zero attached hydrogens (tertiary/aromatic N) is 3. The second-order valence-electron chi connectivity index (χ2n) is 3.63. The first kappa shape index (κ1) is 11.3. The zero-order valence-corrected chi connectivity index (χ0v) is 9.13. The topological polar surface area (TPSA) is 61.0 Å². The lowest BCUT2D eigenvalue weighted by Gasteiger charge is -2.02. The van der Waals surface area contributed by atoms with E-state index >= 15 is 0 Å². The summed E-state index contributed by atoms with van der Waals surface area (Å²) in [5, 5.41) is 10.8. The van der Waals surface area contributed by atoms with Gasteiger partial charge in [0, 0.05) is 6.92 Å². The maximum atomic E-state index is 12.7. The predicted octanol–water partition coefficient (Wildman–Crippen LogP) is 2.29. The summed E-state index contributed by atoms with van der Waals surface area (Å²) in [4.78, 5) is 14.2. The highest BCUT2D eigenvalue weighted by Crippen LogP contribution is 2.16. The monoisotopic (exact) mass is 235 g/mol. The van der Waals surface area contributed by atoms with Crippen molar-refractivity contribution in [3.63, 3.8) is 0 Å². The van der Waals surface area contributed by atoms with Crippen LogP contribution in [0.4, 0.5) is 10.2 Å². The Hall–Kier alpha value is -2.24. The van der Waals surface area contributed by atoms with E-state index in [2.05, 4.69) is 4.98 Å². The van der Waals surface area contributed by atoms with E-state index in [4.69, 9.17) is 0 Å². The molecule has 0 bridgehead atoms. The lowest BCUT2D eigenvalue weighted by atomic mass is 10.2. The number of nitro groups is 1. The van der Waals surface area contributed by atoms with Gasteiger partial charge in [-0.1, -0.05) is 12.1 Å². The maximum absolute atomic E-state index is 12.7. The molecule has 0 unspecified atom stereocenters. The Bertz CT molecular complexity index is 548. The van der Waals surface area contributed by atoms with E-state index in [0.29, 0.717) is 12.4 Å². The van der Waals surface area contributed by atoms with E-state index in [1.54, 1.807) is 19.1 Å². The number of halogens is 1. The summed E-state index contributed by atoms with van der Waals surface area (Å²) in [6.45, 7) is 2.00. The number of aromatic nitrogens is 2. The third-order valence-corrected chi connectivity index (χ3v) is 2.48. The first-order chi connectivity index (χ1) is 8.08. The second-order valence-corrected chi connectivity index (χ2v) is 3.63. The molecule has 0 saturated heterocycles. The molecule has 0 spiro atoms. The standard InChI is InChI=1S/C11H10FN3O2/c1-8-13-6-11(15(16)17)14(8)7-9-2-4-10(12)5-3-9/h2-6H,7H2,1H3. The van der Waals surface area contributed by atoms with E-state index in [9.17, 15) is 14.5 Å². The molecule has 17 heavy (non-hydrogen) atoms. The van der Waals surface area contributed by atoms with Gasteiger partial charge in [-0.05, 0) is 22.6 Å². The summed E-state index contributed by atoms with van der Waals surface area (Å²) in [6, 6.07) is 5.85. The zero-order chi connectivity index (χ0) is 12.4. The fourth-order valence-corrected chi connectivity index (χ4v) is 1.57. The minimum Gasteiger partial charge on any atom is -0.358 e. The molecule has 1 aromatic heterocycles. The number of hydrogen-bond donors (Lipinski definition) is 0. The quantitative estimate of drug-likeness (QED) is 0.605. The normalized spacial score (nSPS) is 10.5. The van der Waals surface area contributed by atoms with Gasteiger partial charge in [0.1, 0.15) is 18.6 Å². The average molecular weight is 235 g/mol. The van der Waals surface area contributed by atoms with Gasteiger partial charge in [-0.3, -0.25) is 0 Å². The summed E-state index contributed by atoms with van der Waals surface area (Å²) >= 11 is 0. The molecule has 0 radical (unpaired) electrons. The van der Waals surface area contributed by atoms with Crippen LogP contribution < -0.4 is 0 Å². The molecular formula is C11H10FN3O2. The highest BCUT2D eigenvalue weighted by molar-refractivity contribution is 5.23. The van der Waals surface area contributed by atoms with Crippen molar-refractivity contribution >= 4 is 5.82 Å². The Morgan fingerprint density at radius 1 is 1.41 bits per heavy atom. The van der Waals surface area contributed by atoms with Crippen LogP contribution in [0.5, 0.6) is 0 Å². The van der Waals surface area contributed by atoms with E-state index < -0.39 is 4.92 Å². The first-order valence-corrected chi connectivity index (χ1v) is 4.99. The lowest BCUT2D eigenvalue weighted by Crippen LogP contribution is -2.06. The molecule has 6 heteroatoms. The molecule has 0 aliphatic carbocycles. The SMILES string of the molecule is Cc1ncc([N+](=O)[O-])n1Cc1ccc(F)cc1. The Labute approximate surface area is 96.7 Å². The van der Waals surface area contributed by atoms with Gasteiger partial charge in [-0.25, -0.2) is 13.9 Å². The molecule has 0 atom stereocenters.